The summed E-state index contributed by atoms with van der Waals surface area (Å²) in [6.45, 7) is 8.63. The van der Waals surface area contributed by atoms with Crippen LogP contribution in [0.5, 0.6) is 0 Å². The first-order chi connectivity index (χ1) is 15.3. The highest BCUT2D eigenvalue weighted by molar-refractivity contribution is 7.89. The van der Waals surface area contributed by atoms with E-state index in [9.17, 15) is 8.42 Å². The molecule has 2 heterocycles. The molecule has 1 saturated heterocycles. The van der Waals surface area contributed by atoms with Crippen LogP contribution in [0, 0.1) is 0 Å². The quantitative estimate of drug-likeness (QED) is 0.539. The van der Waals surface area contributed by atoms with Gasteiger partial charge in [-0.3, -0.25) is 9.80 Å². The lowest BCUT2D eigenvalue weighted by atomic mass is 10.2. The summed E-state index contributed by atoms with van der Waals surface area (Å²) in [7, 11) is -3.75. The number of primary sulfonamides is 1. The first kappa shape index (κ1) is 23.2. The number of aromatic nitrogens is 2. The highest BCUT2D eigenvalue weighted by Gasteiger charge is 2.21. The van der Waals surface area contributed by atoms with Gasteiger partial charge in [0, 0.05) is 44.3 Å². The molecule has 172 valence electrons. The minimum absolute atomic E-state index is 0.104. The number of rotatable bonds is 8. The third kappa shape index (κ3) is 5.50. The average molecular weight is 476 g/mol. The Morgan fingerprint density at radius 3 is 2.28 bits per heavy atom. The van der Waals surface area contributed by atoms with E-state index in [1.165, 1.54) is 5.56 Å². The Kier molecular flexibility index (Phi) is 7.17. The van der Waals surface area contributed by atoms with E-state index in [0.29, 0.717) is 5.52 Å². The maximum atomic E-state index is 11.8. The summed E-state index contributed by atoms with van der Waals surface area (Å²) >= 11 is 5.99. The van der Waals surface area contributed by atoms with E-state index >= 15 is 0 Å². The van der Waals surface area contributed by atoms with Crippen LogP contribution in [0.15, 0.2) is 47.4 Å². The van der Waals surface area contributed by atoms with Crippen molar-refractivity contribution in [2.75, 3.05) is 26.2 Å². The Labute approximate surface area is 194 Å². The monoisotopic (exact) mass is 475 g/mol. The second kappa shape index (κ2) is 9.89. The fourth-order valence-corrected chi connectivity index (χ4v) is 4.84. The van der Waals surface area contributed by atoms with Gasteiger partial charge in [0.25, 0.3) is 0 Å². The normalized spacial score (nSPS) is 16.1. The van der Waals surface area contributed by atoms with Crippen LogP contribution in [0.2, 0.25) is 5.02 Å². The molecular formula is C23H30ClN5O2S. The SMILES string of the molecule is CCCCn1c(CN2CCN(Cc3ccc(Cl)cc3)CC2)nc2cc(S(N)(=O)=O)ccc21. The standard InChI is InChI=1S/C23H30ClN5O2S/c1-2-3-10-29-22-9-8-20(32(25,30)31)15-21(22)26-23(29)17-28-13-11-27(12-14-28)16-18-4-6-19(24)7-5-18/h4-9,15H,2-3,10-14,16-17H2,1H3,(H2,25,30,31). The zero-order valence-electron chi connectivity index (χ0n) is 18.4. The highest BCUT2D eigenvalue weighted by atomic mass is 35.5. The summed E-state index contributed by atoms with van der Waals surface area (Å²) in [5, 5.41) is 6.08. The van der Waals surface area contributed by atoms with Crippen LogP contribution in [-0.4, -0.2) is 53.9 Å². The summed E-state index contributed by atoms with van der Waals surface area (Å²) in [6.07, 6.45) is 2.13. The second-order valence-electron chi connectivity index (χ2n) is 8.41. The molecule has 1 fully saturated rings. The number of fused-ring (bicyclic) bond motifs is 1. The van der Waals surface area contributed by atoms with Crippen molar-refractivity contribution < 1.29 is 8.42 Å². The second-order valence-corrected chi connectivity index (χ2v) is 10.4. The van der Waals surface area contributed by atoms with Gasteiger partial charge in [0.1, 0.15) is 5.82 Å². The molecule has 2 aromatic carbocycles. The van der Waals surface area contributed by atoms with Gasteiger partial charge in [0.15, 0.2) is 0 Å². The van der Waals surface area contributed by atoms with Crippen LogP contribution < -0.4 is 5.14 Å². The topological polar surface area (TPSA) is 84.5 Å². The van der Waals surface area contributed by atoms with E-state index in [0.717, 1.165) is 75.0 Å². The molecule has 1 aliphatic rings. The lowest BCUT2D eigenvalue weighted by Gasteiger charge is -2.34. The fourth-order valence-electron chi connectivity index (χ4n) is 4.18. The van der Waals surface area contributed by atoms with E-state index in [1.807, 2.05) is 18.2 Å². The van der Waals surface area contributed by atoms with Gasteiger partial charge < -0.3 is 4.57 Å². The molecule has 0 aliphatic carbocycles. The summed E-state index contributed by atoms with van der Waals surface area (Å²) in [6, 6.07) is 13.0. The van der Waals surface area contributed by atoms with Crippen molar-refractivity contribution in [1.29, 1.82) is 0 Å². The van der Waals surface area contributed by atoms with Crippen LogP contribution in [0.25, 0.3) is 11.0 Å². The Morgan fingerprint density at radius 1 is 1.00 bits per heavy atom. The number of unbranched alkanes of at least 4 members (excludes halogenated alkanes) is 1. The lowest BCUT2D eigenvalue weighted by molar-refractivity contribution is 0.119. The third-order valence-electron chi connectivity index (χ3n) is 6.01. The van der Waals surface area contributed by atoms with Crippen LogP contribution in [-0.2, 0) is 29.7 Å². The molecule has 1 aliphatic heterocycles. The Bertz CT molecular complexity index is 1170. The number of benzene rings is 2. The molecule has 0 radical (unpaired) electrons. The van der Waals surface area contributed by atoms with E-state index < -0.39 is 10.0 Å². The predicted octanol–water partition coefficient (Wildman–Crippen LogP) is 3.46. The van der Waals surface area contributed by atoms with Gasteiger partial charge in [0.2, 0.25) is 10.0 Å². The molecule has 1 aromatic heterocycles. The predicted molar refractivity (Wildman–Crippen MR) is 128 cm³/mol. The van der Waals surface area contributed by atoms with Crippen molar-refractivity contribution in [1.82, 2.24) is 19.4 Å². The van der Waals surface area contributed by atoms with E-state index in [-0.39, 0.29) is 4.90 Å². The average Bonchev–Trinajstić information content (AvgIpc) is 3.10. The van der Waals surface area contributed by atoms with Crippen LogP contribution >= 0.6 is 11.6 Å². The van der Waals surface area contributed by atoms with Crippen molar-refractivity contribution in [3.63, 3.8) is 0 Å². The number of sulfonamides is 1. The van der Waals surface area contributed by atoms with Gasteiger partial charge >= 0.3 is 0 Å². The van der Waals surface area contributed by atoms with Crippen molar-refractivity contribution in [3.8, 4) is 0 Å². The van der Waals surface area contributed by atoms with E-state index in [4.69, 9.17) is 21.7 Å². The first-order valence-electron chi connectivity index (χ1n) is 11.0. The van der Waals surface area contributed by atoms with E-state index in [1.54, 1.807) is 12.1 Å². The van der Waals surface area contributed by atoms with Crippen LogP contribution in [0.4, 0.5) is 0 Å². The van der Waals surface area contributed by atoms with Crippen molar-refractivity contribution in [2.45, 2.75) is 44.3 Å². The molecule has 9 heteroatoms. The zero-order chi connectivity index (χ0) is 22.7. The molecule has 0 unspecified atom stereocenters. The molecule has 0 saturated carbocycles. The minimum Gasteiger partial charge on any atom is -0.327 e. The lowest BCUT2D eigenvalue weighted by Crippen LogP contribution is -2.45. The fraction of sp³-hybridized carbons (Fsp3) is 0.435. The summed E-state index contributed by atoms with van der Waals surface area (Å²) in [5.41, 5.74) is 2.92. The van der Waals surface area contributed by atoms with Gasteiger partial charge in [-0.05, 0) is 42.3 Å². The maximum absolute atomic E-state index is 11.8. The number of nitrogens with two attached hydrogens (primary N) is 1. The van der Waals surface area contributed by atoms with Crippen molar-refractivity contribution in [2.24, 2.45) is 5.14 Å². The number of imidazole rings is 1. The van der Waals surface area contributed by atoms with Gasteiger partial charge in [-0.25, -0.2) is 18.5 Å². The molecule has 0 bridgehead atoms. The molecule has 32 heavy (non-hydrogen) atoms. The summed E-state index contributed by atoms with van der Waals surface area (Å²) in [5.74, 6) is 0.978. The van der Waals surface area contributed by atoms with Gasteiger partial charge in [-0.2, -0.15) is 0 Å². The Hall–Kier alpha value is -1.97. The largest absolute Gasteiger partial charge is 0.327 e. The number of aryl methyl sites for hydroxylation is 1. The molecule has 0 spiro atoms. The molecular weight excluding hydrogens is 446 g/mol. The Morgan fingerprint density at radius 2 is 1.66 bits per heavy atom. The van der Waals surface area contributed by atoms with Crippen molar-refractivity contribution >= 4 is 32.7 Å². The van der Waals surface area contributed by atoms with Crippen molar-refractivity contribution in [3.05, 3.63) is 58.9 Å². The molecule has 3 aromatic rings. The molecule has 0 atom stereocenters. The number of nitrogens with zero attached hydrogens (tertiary/aromatic N) is 4. The maximum Gasteiger partial charge on any atom is 0.238 e. The third-order valence-corrected chi connectivity index (χ3v) is 7.17. The van der Waals surface area contributed by atoms with Crippen LogP contribution in [0.3, 0.4) is 0 Å². The number of hydrogen-bond acceptors (Lipinski definition) is 5. The molecule has 4 rings (SSSR count). The number of hydrogen-bond donors (Lipinski definition) is 1. The van der Waals surface area contributed by atoms with Gasteiger partial charge in [0.05, 0.1) is 22.5 Å². The molecule has 0 amide bonds. The van der Waals surface area contributed by atoms with E-state index in [2.05, 4.69) is 33.4 Å². The van der Waals surface area contributed by atoms with Gasteiger partial charge in [-0.15, -0.1) is 0 Å². The molecule has 7 nitrogen and oxygen atoms in total. The highest BCUT2D eigenvalue weighted by Crippen LogP contribution is 2.22. The zero-order valence-corrected chi connectivity index (χ0v) is 19.9. The molecule has 2 N–H and O–H groups in total. The smallest absolute Gasteiger partial charge is 0.238 e. The summed E-state index contributed by atoms with van der Waals surface area (Å²) in [4.78, 5) is 9.78. The Balaban J connectivity index is 1.46. The minimum atomic E-state index is -3.75. The van der Waals surface area contributed by atoms with Gasteiger partial charge in [-0.1, -0.05) is 37.1 Å². The first-order valence-corrected chi connectivity index (χ1v) is 13.0. The number of halogens is 1. The number of piperazine rings is 1. The van der Waals surface area contributed by atoms with Crippen LogP contribution in [0.1, 0.15) is 31.2 Å². The summed E-state index contributed by atoms with van der Waals surface area (Å²) < 4.78 is 25.7.